The van der Waals surface area contributed by atoms with Crippen LogP contribution in [0.15, 0.2) is 36.4 Å². The molecule has 1 atom stereocenters. The lowest BCUT2D eigenvalue weighted by molar-refractivity contribution is -0.137. The largest absolute Gasteiger partial charge is 0.416 e. The molecule has 10 heteroatoms. The van der Waals surface area contributed by atoms with Crippen molar-refractivity contribution in [1.29, 1.82) is 0 Å². The molecule has 0 spiro atoms. The molecule has 1 amide bonds. The van der Waals surface area contributed by atoms with Gasteiger partial charge < -0.3 is 10.2 Å². The van der Waals surface area contributed by atoms with E-state index in [1.807, 2.05) is 12.1 Å². The number of aromatic nitrogens is 4. The van der Waals surface area contributed by atoms with Crippen LogP contribution in [0, 0.1) is 0 Å². The first kappa shape index (κ1) is 18.8. The lowest BCUT2D eigenvalue weighted by Gasteiger charge is -2.18. The van der Waals surface area contributed by atoms with Gasteiger partial charge in [-0.3, -0.25) is 4.79 Å². The van der Waals surface area contributed by atoms with Crippen LogP contribution in [-0.4, -0.2) is 44.8 Å². The average Bonchev–Trinajstić information content (AvgIpc) is 3.31. The van der Waals surface area contributed by atoms with E-state index in [0.29, 0.717) is 18.1 Å². The van der Waals surface area contributed by atoms with Crippen molar-refractivity contribution >= 4 is 17.4 Å². The van der Waals surface area contributed by atoms with Crippen LogP contribution in [-0.2, 0) is 6.18 Å². The Hall–Kier alpha value is -3.17. The van der Waals surface area contributed by atoms with E-state index in [0.717, 1.165) is 49.6 Å². The van der Waals surface area contributed by atoms with Gasteiger partial charge >= 0.3 is 6.18 Å². The molecular formula is C20H19F3N6O. The minimum atomic E-state index is -4.42. The summed E-state index contributed by atoms with van der Waals surface area (Å²) in [6.45, 7) is 1.29. The Balaban J connectivity index is 1.25. The van der Waals surface area contributed by atoms with Gasteiger partial charge in [0.2, 0.25) is 0 Å². The molecule has 1 aliphatic heterocycles. The molecule has 1 aromatic carbocycles. The van der Waals surface area contributed by atoms with Gasteiger partial charge in [0.25, 0.3) is 5.91 Å². The Labute approximate surface area is 169 Å². The van der Waals surface area contributed by atoms with Crippen molar-refractivity contribution in [2.75, 3.05) is 18.0 Å². The monoisotopic (exact) mass is 416 g/mol. The fourth-order valence-electron chi connectivity index (χ4n) is 3.73. The van der Waals surface area contributed by atoms with Crippen LogP contribution in [0.25, 0.3) is 5.65 Å². The van der Waals surface area contributed by atoms with Gasteiger partial charge in [-0.2, -0.15) is 17.7 Å². The summed E-state index contributed by atoms with van der Waals surface area (Å²) in [5.74, 6) is 1.72. The zero-order valence-corrected chi connectivity index (χ0v) is 15.9. The molecule has 1 saturated carbocycles. The molecule has 156 valence electrons. The van der Waals surface area contributed by atoms with Crippen molar-refractivity contribution in [2.45, 2.75) is 37.4 Å². The fraction of sp³-hybridized carbons (Fsp3) is 0.400. The summed E-state index contributed by atoms with van der Waals surface area (Å²) in [7, 11) is 0. The summed E-state index contributed by atoms with van der Waals surface area (Å²) in [5.41, 5.74) is 0.152. The van der Waals surface area contributed by atoms with Crippen LogP contribution in [0.1, 0.15) is 46.9 Å². The standard InChI is InChI=1S/C20H19F3N6O/c21-20(22,23)14-5-3-13(4-6-14)19(30)24-15-9-10-28(11-15)17-8-7-16-25-26-18(12-1-2-12)29(16)27-17/h3-8,12,15H,1-2,9-11H2,(H,24,30). The summed E-state index contributed by atoms with van der Waals surface area (Å²) in [4.78, 5) is 14.5. The van der Waals surface area contributed by atoms with Crippen molar-refractivity contribution in [1.82, 2.24) is 25.1 Å². The highest BCUT2D eigenvalue weighted by molar-refractivity contribution is 5.94. The first-order valence-electron chi connectivity index (χ1n) is 9.84. The van der Waals surface area contributed by atoms with Crippen molar-refractivity contribution in [3.05, 3.63) is 53.3 Å². The minimum absolute atomic E-state index is 0.110. The number of nitrogens with one attached hydrogen (secondary N) is 1. The summed E-state index contributed by atoms with van der Waals surface area (Å²) in [5, 5.41) is 16.0. The molecule has 7 nitrogen and oxygen atoms in total. The molecule has 1 saturated heterocycles. The number of amides is 1. The number of carbonyl (C=O) groups excluding carboxylic acids is 1. The normalized spacial score (nSPS) is 19.4. The molecule has 0 radical (unpaired) electrons. The van der Waals surface area contributed by atoms with E-state index < -0.39 is 11.7 Å². The number of benzene rings is 1. The molecular weight excluding hydrogens is 397 g/mol. The summed E-state index contributed by atoms with van der Waals surface area (Å²) in [6, 6.07) is 7.91. The maximum Gasteiger partial charge on any atom is 0.416 e. The Morgan fingerprint density at radius 2 is 1.80 bits per heavy atom. The van der Waals surface area contributed by atoms with E-state index in [-0.39, 0.29) is 17.5 Å². The molecule has 0 bridgehead atoms. The van der Waals surface area contributed by atoms with Crippen LogP contribution in [0.4, 0.5) is 19.0 Å². The summed E-state index contributed by atoms with van der Waals surface area (Å²) in [6.07, 6.45) is -1.48. The number of hydrogen-bond donors (Lipinski definition) is 1. The highest BCUT2D eigenvalue weighted by atomic mass is 19.4. The third-order valence-corrected chi connectivity index (χ3v) is 5.54. The second-order valence-electron chi connectivity index (χ2n) is 7.77. The van der Waals surface area contributed by atoms with E-state index >= 15 is 0 Å². The minimum Gasteiger partial charge on any atom is -0.353 e. The fourth-order valence-corrected chi connectivity index (χ4v) is 3.73. The lowest BCUT2D eigenvalue weighted by Crippen LogP contribution is -2.37. The lowest BCUT2D eigenvalue weighted by atomic mass is 10.1. The Kier molecular flexibility index (Phi) is 4.37. The predicted molar refractivity (Wildman–Crippen MR) is 102 cm³/mol. The van der Waals surface area contributed by atoms with Crippen LogP contribution >= 0.6 is 0 Å². The van der Waals surface area contributed by atoms with Gasteiger partial charge in [0.05, 0.1) is 5.56 Å². The van der Waals surface area contributed by atoms with Crippen molar-refractivity contribution in [2.24, 2.45) is 0 Å². The van der Waals surface area contributed by atoms with Gasteiger partial charge in [-0.15, -0.1) is 15.3 Å². The van der Waals surface area contributed by atoms with Crippen LogP contribution < -0.4 is 10.2 Å². The van der Waals surface area contributed by atoms with Gasteiger partial charge in [0.1, 0.15) is 5.82 Å². The SMILES string of the molecule is O=C(NC1CCN(c2ccc3nnc(C4CC4)n3n2)C1)c1ccc(C(F)(F)F)cc1. The molecule has 1 N–H and O–H groups in total. The number of carbonyl (C=O) groups is 1. The maximum absolute atomic E-state index is 12.7. The number of fused-ring (bicyclic) bond motifs is 1. The Morgan fingerprint density at radius 1 is 1.03 bits per heavy atom. The molecule has 30 heavy (non-hydrogen) atoms. The topological polar surface area (TPSA) is 75.4 Å². The van der Waals surface area contributed by atoms with Crippen LogP contribution in [0.5, 0.6) is 0 Å². The number of anilines is 1. The molecule has 2 fully saturated rings. The van der Waals surface area contributed by atoms with E-state index in [2.05, 4.69) is 25.5 Å². The zero-order valence-electron chi connectivity index (χ0n) is 15.9. The highest BCUT2D eigenvalue weighted by Crippen LogP contribution is 2.38. The van der Waals surface area contributed by atoms with E-state index in [1.54, 1.807) is 4.52 Å². The molecule has 5 rings (SSSR count). The maximum atomic E-state index is 12.7. The number of halogens is 3. The van der Waals surface area contributed by atoms with Crippen molar-refractivity contribution in [3.8, 4) is 0 Å². The first-order valence-corrected chi connectivity index (χ1v) is 9.84. The molecule has 1 aliphatic carbocycles. The Morgan fingerprint density at radius 3 is 2.50 bits per heavy atom. The smallest absolute Gasteiger partial charge is 0.353 e. The van der Waals surface area contributed by atoms with Gasteiger partial charge in [-0.25, -0.2) is 0 Å². The molecule has 3 heterocycles. The number of alkyl halides is 3. The van der Waals surface area contributed by atoms with Crippen LogP contribution in [0.2, 0.25) is 0 Å². The number of rotatable bonds is 4. The quantitative estimate of drug-likeness (QED) is 0.708. The van der Waals surface area contributed by atoms with E-state index in [1.165, 1.54) is 12.1 Å². The summed E-state index contributed by atoms with van der Waals surface area (Å²) >= 11 is 0. The second-order valence-corrected chi connectivity index (χ2v) is 7.77. The van der Waals surface area contributed by atoms with E-state index in [9.17, 15) is 18.0 Å². The zero-order chi connectivity index (χ0) is 20.9. The number of hydrogen-bond acceptors (Lipinski definition) is 5. The van der Waals surface area contributed by atoms with Gasteiger partial charge in [0, 0.05) is 30.6 Å². The predicted octanol–water partition coefficient (Wildman–Crippen LogP) is 3.03. The first-order chi connectivity index (χ1) is 14.4. The summed E-state index contributed by atoms with van der Waals surface area (Å²) < 4.78 is 39.8. The Bertz CT molecular complexity index is 1090. The average molecular weight is 416 g/mol. The van der Waals surface area contributed by atoms with Crippen molar-refractivity contribution < 1.29 is 18.0 Å². The van der Waals surface area contributed by atoms with Gasteiger partial charge in [-0.05, 0) is 55.7 Å². The van der Waals surface area contributed by atoms with Gasteiger partial charge in [-0.1, -0.05) is 0 Å². The molecule has 2 aromatic heterocycles. The number of nitrogens with zero attached hydrogens (tertiary/aromatic N) is 5. The van der Waals surface area contributed by atoms with Gasteiger partial charge in [0.15, 0.2) is 11.5 Å². The molecule has 1 unspecified atom stereocenters. The van der Waals surface area contributed by atoms with E-state index in [4.69, 9.17) is 0 Å². The highest BCUT2D eigenvalue weighted by Gasteiger charge is 2.32. The third-order valence-electron chi connectivity index (χ3n) is 5.54. The molecule has 2 aliphatic rings. The van der Waals surface area contributed by atoms with Crippen molar-refractivity contribution in [3.63, 3.8) is 0 Å². The van der Waals surface area contributed by atoms with Crippen LogP contribution in [0.3, 0.4) is 0 Å². The second kappa shape index (κ2) is 6.96. The third kappa shape index (κ3) is 3.57. The molecule has 3 aromatic rings.